The second-order valence-electron chi connectivity index (χ2n) is 5.05. The zero-order chi connectivity index (χ0) is 15.1. The third-order valence-electron chi connectivity index (χ3n) is 3.43. The van der Waals surface area contributed by atoms with Crippen LogP contribution < -0.4 is 5.32 Å². The number of aryl methyl sites for hydroxylation is 1. The maximum absolute atomic E-state index is 11.8. The van der Waals surface area contributed by atoms with E-state index in [-0.39, 0.29) is 6.10 Å². The standard InChI is InChI=1S/C14H22N4O3/c1-11-15-6-3-13(16-11)17-14(19)21-12-4-7-18(8-5-12)9-10-20-2/h3,6,12H,4-5,7-10H2,1-2H3,(H,15,16,17,19). The SMILES string of the molecule is COCCN1CCC(OC(=O)Nc2ccnc(C)n2)CC1. The molecule has 7 nitrogen and oxygen atoms in total. The Morgan fingerprint density at radius 2 is 2.24 bits per heavy atom. The lowest BCUT2D eigenvalue weighted by atomic mass is 10.1. The fourth-order valence-corrected chi connectivity index (χ4v) is 2.28. The number of carbonyl (C=O) groups is 1. The lowest BCUT2D eigenvalue weighted by molar-refractivity contribution is 0.0496. The molecule has 2 heterocycles. The van der Waals surface area contributed by atoms with Crippen molar-refractivity contribution in [1.82, 2.24) is 14.9 Å². The van der Waals surface area contributed by atoms with Gasteiger partial charge >= 0.3 is 6.09 Å². The van der Waals surface area contributed by atoms with Crippen molar-refractivity contribution in [3.05, 3.63) is 18.1 Å². The number of piperidine rings is 1. The van der Waals surface area contributed by atoms with Gasteiger partial charge in [-0.3, -0.25) is 5.32 Å². The topological polar surface area (TPSA) is 76.6 Å². The fourth-order valence-electron chi connectivity index (χ4n) is 2.28. The average molecular weight is 294 g/mol. The van der Waals surface area contributed by atoms with Crippen LogP contribution in [0.5, 0.6) is 0 Å². The average Bonchev–Trinajstić information content (AvgIpc) is 2.46. The largest absolute Gasteiger partial charge is 0.446 e. The number of hydrogen-bond acceptors (Lipinski definition) is 6. The van der Waals surface area contributed by atoms with E-state index in [0.717, 1.165) is 39.1 Å². The molecule has 1 aliphatic rings. The summed E-state index contributed by atoms with van der Waals surface area (Å²) in [5.41, 5.74) is 0. The van der Waals surface area contributed by atoms with Gasteiger partial charge in [0, 0.05) is 32.9 Å². The van der Waals surface area contributed by atoms with Crippen molar-refractivity contribution in [3.8, 4) is 0 Å². The first-order valence-corrected chi connectivity index (χ1v) is 7.16. The van der Waals surface area contributed by atoms with E-state index >= 15 is 0 Å². The molecule has 1 fully saturated rings. The van der Waals surface area contributed by atoms with Gasteiger partial charge in [0.1, 0.15) is 17.7 Å². The first-order chi connectivity index (χ1) is 10.2. The second kappa shape index (κ2) is 7.90. The van der Waals surface area contributed by atoms with Crippen LogP contribution in [0.3, 0.4) is 0 Å². The molecule has 116 valence electrons. The summed E-state index contributed by atoms with van der Waals surface area (Å²) in [6.07, 6.45) is 2.81. The molecule has 0 unspecified atom stereocenters. The van der Waals surface area contributed by atoms with E-state index in [4.69, 9.17) is 9.47 Å². The first kappa shape index (κ1) is 15.7. The van der Waals surface area contributed by atoms with Crippen molar-refractivity contribution < 1.29 is 14.3 Å². The Balaban J connectivity index is 1.72. The van der Waals surface area contributed by atoms with E-state index in [0.29, 0.717) is 11.6 Å². The Morgan fingerprint density at radius 1 is 1.48 bits per heavy atom. The molecule has 1 aromatic heterocycles. The molecule has 0 aromatic carbocycles. The molecule has 1 aromatic rings. The lowest BCUT2D eigenvalue weighted by Crippen LogP contribution is -2.39. The molecule has 1 amide bonds. The van der Waals surface area contributed by atoms with Crippen LogP contribution in [0.4, 0.5) is 10.6 Å². The number of aromatic nitrogens is 2. The maximum atomic E-state index is 11.8. The molecule has 1 saturated heterocycles. The molecular formula is C14H22N4O3. The van der Waals surface area contributed by atoms with Gasteiger partial charge in [0.15, 0.2) is 0 Å². The minimum absolute atomic E-state index is 0.0354. The number of methoxy groups -OCH3 is 1. The van der Waals surface area contributed by atoms with Crippen LogP contribution in [0.25, 0.3) is 0 Å². The van der Waals surface area contributed by atoms with Crippen LogP contribution in [0.15, 0.2) is 12.3 Å². The number of anilines is 1. The van der Waals surface area contributed by atoms with Crippen molar-refractivity contribution in [2.24, 2.45) is 0 Å². The molecular weight excluding hydrogens is 272 g/mol. The molecule has 0 aliphatic carbocycles. The van der Waals surface area contributed by atoms with Gasteiger partial charge in [0.25, 0.3) is 0 Å². The number of hydrogen-bond donors (Lipinski definition) is 1. The summed E-state index contributed by atoms with van der Waals surface area (Å²) < 4.78 is 10.5. The predicted octanol–water partition coefficient (Wildman–Crippen LogP) is 1.44. The summed E-state index contributed by atoms with van der Waals surface area (Å²) >= 11 is 0. The van der Waals surface area contributed by atoms with E-state index < -0.39 is 6.09 Å². The van der Waals surface area contributed by atoms with Crippen molar-refractivity contribution in [2.75, 3.05) is 38.7 Å². The van der Waals surface area contributed by atoms with E-state index in [9.17, 15) is 4.79 Å². The van der Waals surface area contributed by atoms with E-state index in [1.54, 1.807) is 26.3 Å². The quantitative estimate of drug-likeness (QED) is 0.885. The highest BCUT2D eigenvalue weighted by molar-refractivity contribution is 5.83. The molecule has 1 aliphatic heterocycles. The highest BCUT2D eigenvalue weighted by Gasteiger charge is 2.22. The normalized spacial score (nSPS) is 16.7. The summed E-state index contributed by atoms with van der Waals surface area (Å²) in [5, 5.41) is 2.63. The highest BCUT2D eigenvalue weighted by Crippen LogP contribution is 2.14. The van der Waals surface area contributed by atoms with Gasteiger partial charge in [-0.15, -0.1) is 0 Å². The molecule has 0 saturated carbocycles. The van der Waals surface area contributed by atoms with Gasteiger partial charge in [-0.25, -0.2) is 14.8 Å². The van der Waals surface area contributed by atoms with Crippen LogP contribution in [0.2, 0.25) is 0 Å². The number of nitrogens with zero attached hydrogens (tertiary/aromatic N) is 3. The van der Waals surface area contributed by atoms with E-state index in [2.05, 4.69) is 20.2 Å². The smallest absolute Gasteiger partial charge is 0.413 e. The Labute approximate surface area is 124 Å². The summed E-state index contributed by atoms with van der Waals surface area (Å²) in [6, 6.07) is 1.64. The summed E-state index contributed by atoms with van der Waals surface area (Å²) in [4.78, 5) is 22.2. The van der Waals surface area contributed by atoms with Gasteiger partial charge in [-0.1, -0.05) is 0 Å². The van der Waals surface area contributed by atoms with Crippen molar-refractivity contribution in [3.63, 3.8) is 0 Å². The number of rotatable bonds is 5. The van der Waals surface area contributed by atoms with Crippen molar-refractivity contribution >= 4 is 11.9 Å². The number of likely N-dealkylation sites (tertiary alicyclic amines) is 1. The molecule has 2 rings (SSSR count). The zero-order valence-corrected chi connectivity index (χ0v) is 12.5. The minimum atomic E-state index is -0.455. The van der Waals surface area contributed by atoms with Gasteiger partial charge in [-0.05, 0) is 25.8 Å². The van der Waals surface area contributed by atoms with Crippen LogP contribution >= 0.6 is 0 Å². The number of amides is 1. The Bertz CT molecular complexity index is 461. The van der Waals surface area contributed by atoms with Gasteiger partial charge < -0.3 is 14.4 Å². The second-order valence-corrected chi connectivity index (χ2v) is 5.05. The molecule has 0 atom stereocenters. The van der Waals surface area contributed by atoms with Crippen LogP contribution in [0.1, 0.15) is 18.7 Å². The number of ether oxygens (including phenoxy) is 2. The van der Waals surface area contributed by atoms with E-state index in [1.807, 2.05) is 0 Å². The van der Waals surface area contributed by atoms with Crippen molar-refractivity contribution in [1.29, 1.82) is 0 Å². The minimum Gasteiger partial charge on any atom is -0.446 e. The molecule has 0 spiro atoms. The van der Waals surface area contributed by atoms with Crippen LogP contribution in [0, 0.1) is 6.92 Å². The van der Waals surface area contributed by atoms with E-state index in [1.165, 1.54) is 0 Å². The molecule has 7 heteroatoms. The lowest BCUT2D eigenvalue weighted by Gasteiger charge is -2.31. The monoisotopic (exact) mass is 294 g/mol. The number of nitrogens with one attached hydrogen (secondary N) is 1. The molecule has 1 N–H and O–H groups in total. The first-order valence-electron chi connectivity index (χ1n) is 7.16. The third kappa shape index (κ3) is 5.28. The van der Waals surface area contributed by atoms with Crippen molar-refractivity contribution in [2.45, 2.75) is 25.9 Å². The third-order valence-corrected chi connectivity index (χ3v) is 3.43. The summed E-state index contributed by atoms with van der Waals surface area (Å²) in [6.45, 7) is 5.28. The fraction of sp³-hybridized carbons (Fsp3) is 0.643. The highest BCUT2D eigenvalue weighted by atomic mass is 16.6. The van der Waals surface area contributed by atoms with Gasteiger partial charge in [0.05, 0.1) is 6.61 Å². The Kier molecular flexibility index (Phi) is 5.89. The Hall–Kier alpha value is -1.73. The van der Waals surface area contributed by atoms with Gasteiger partial charge in [-0.2, -0.15) is 0 Å². The molecule has 0 radical (unpaired) electrons. The summed E-state index contributed by atoms with van der Waals surface area (Å²) in [5.74, 6) is 1.07. The van der Waals surface area contributed by atoms with Crippen LogP contribution in [-0.4, -0.2) is 60.4 Å². The van der Waals surface area contributed by atoms with Gasteiger partial charge in [0.2, 0.25) is 0 Å². The van der Waals surface area contributed by atoms with Crippen LogP contribution in [-0.2, 0) is 9.47 Å². The summed E-state index contributed by atoms with van der Waals surface area (Å²) in [7, 11) is 1.70. The zero-order valence-electron chi connectivity index (χ0n) is 12.5. The molecule has 21 heavy (non-hydrogen) atoms. The number of carbonyl (C=O) groups excluding carboxylic acids is 1. The molecule has 0 bridgehead atoms. The maximum Gasteiger partial charge on any atom is 0.413 e. The predicted molar refractivity (Wildman–Crippen MR) is 78.2 cm³/mol. The Morgan fingerprint density at radius 3 is 2.90 bits per heavy atom.